The minimum Gasteiger partial charge on any atom is -0.481 e. The summed E-state index contributed by atoms with van der Waals surface area (Å²) in [5, 5.41) is 23.2. The monoisotopic (exact) mass is 414 g/mol. The van der Waals surface area contributed by atoms with Crippen molar-refractivity contribution in [3.8, 4) is 5.88 Å². The fraction of sp³-hybridized carbons (Fsp3) is 0.471. The highest BCUT2D eigenvalue weighted by molar-refractivity contribution is 7.91. The summed E-state index contributed by atoms with van der Waals surface area (Å²) in [6.45, 7) is 2.08. The van der Waals surface area contributed by atoms with Crippen molar-refractivity contribution in [2.45, 2.75) is 48.6 Å². The molecule has 0 saturated carbocycles. The molecule has 11 heteroatoms. The fourth-order valence-electron chi connectivity index (χ4n) is 2.42. The summed E-state index contributed by atoms with van der Waals surface area (Å²) in [6, 6.07) is 7.39. The van der Waals surface area contributed by atoms with Crippen molar-refractivity contribution in [1.82, 2.24) is 5.16 Å². The molecule has 28 heavy (non-hydrogen) atoms. The molecule has 0 aliphatic carbocycles. The lowest BCUT2D eigenvalue weighted by Crippen LogP contribution is -2.31. The normalized spacial score (nSPS) is 12.6. The van der Waals surface area contributed by atoms with Crippen LogP contribution in [0.15, 0.2) is 44.9 Å². The third-order valence-electron chi connectivity index (χ3n) is 3.76. The second-order valence-electron chi connectivity index (χ2n) is 5.95. The number of aromatic nitrogens is 2. The lowest BCUT2D eigenvalue weighted by molar-refractivity contribution is -0.832. The first-order valence-electron chi connectivity index (χ1n) is 8.72. The van der Waals surface area contributed by atoms with E-state index >= 15 is 0 Å². The maximum Gasteiger partial charge on any atom is 0.415 e. The second-order valence-corrected chi connectivity index (χ2v) is 7.81. The summed E-state index contributed by atoms with van der Waals surface area (Å²) in [7, 11) is -4.18. The van der Waals surface area contributed by atoms with E-state index in [0.717, 1.165) is 6.42 Å². The molecule has 2 rings (SSSR count). The summed E-state index contributed by atoms with van der Waals surface area (Å²) in [4.78, 5) is 10.2. The van der Waals surface area contributed by atoms with E-state index in [1.807, 2.05) is 6.92 Å². The maximum atomic E-state index is 12.7. The number of nitrogens with zero attached hydrogens (tertiary/aromatic N) is 2. The van der Waals surface area contributed by atoms with Crippen molar-refractivity contribution in [3.63, 3.8) is 0 Å². The molecule has 1 unspecified atom stereocenters. The Kier molecular flexibility index (Phi) is 7.76. The van der Waals surface area contributed by atoms with Crippen LogP contribution in [-0.2, 0) is 19.4 Å². The van der Waals surface area contributed by atoms with Crippen LogP contribution in [0, 0.1) is 5.21 Å². The zero-order chi connectivity index (χ0) is 20.6. The number of carbonyl (C=O) groups is 1. The molecular formula is C17H22N2O8S. The molecule has 1 aromatic carbocycles. The third-order valence-corrected chi connectivity index (χ3v) is 5.49. The average molecular weight is 414 g/mol. The first-order chi connectivity index (χ1) is 13.4. The summed E-state index contributed by atoms with van der Waals surface area (Å²) >= 11 is 0. The predicted molar refractivity (Wildman–Crippen MR) is 94.4 cm³/mol. The van der Waals surface area contributed by atoms with Gasteiger partial charge in [0.05, 0.1) is 16.2 Å². The number of sulfone groups is 1. The van der Waals surface area contributed by atoms with Gasteiger partial charge in [-0.1, -0.05) is 31.5 Å². The fourth-order valence-corrected chi connectivity index (χ4v) is 3.72. The molecule has 1 aromatic heterocycles. The highest BCUT2D eigenvalue weighted by atomic mass is 32.2. The van der Waals surface area contributed by atoms with Gasteiger partial charge in [-0.05, 0) is 29.9 Å². The van der Waals surface area contributed by atoms with E-state index in [2.05, 4.69) is 9.79 Å². The Morgan fingerprint density at radius 3 is 2.71 bits per heavy atom. The van der Waals surface area contributed by atoms with Gasteiger partial charge in [-0.25, -0.2) is 8.42 Å². The zero-order valence-electron chi connectivity index (χ0n) is 15.3. The molecule has 0 saturated heterocycles. The molecule has 0 spiro atoms. The van der Waals surface area contributed by atoms with Crippen LogP contribution in [0.3, 0.4) is 0 Å². The van der Waals surface area contributed by atoms with E-state index in [9.17, 15) is 18.4 Å². The van der Waals surface area contributed by atoms with E-state index in [-0.39, 0.29) is 29.4 Å². The number of aliphatic carboxylic acids is 1. The Labute approximate surface area is 162 Å². The number of benzene rings is 1. The number of ether oxygens (including phenoxy) is 2. The minimum absolute atomic E-state index is 0.0152. The minimum atomic E-state index is -4.18. The quantitative estimate of drug-likeness (QED) is 0.404. The molecule has 0 bridgehead atoms. The highest BCUT2D eigenvalue weighted by Gasteiger charge is 2.36. The Bertz CT molecular complexity index is 867. The first-order valence-corrected chi connectivity index (χ1v) is 10.2. The van der Waals surface area contributed by atoms with E-state index < -0.39 is 32.8 Å². The Morgan fingerprint density at radius 2 is 2.07 bits per heavy atom. The number of carboxylic acid groups (broad SMARTS) is 1. The van der Waals surface area contributed by atoms with Crippen molar-refractivity contribution in [3.05, 3.63) is 35.5 Å². The highest BCUT2D eigenvalue weighted by Crippen LogP contribution is 2.25. The summed E-state index contributed by atoms with van der Waals surface area (Å²) in [5.74, 6) is -1.36. The van der Waals surface area contributed by atoms with Crippen LogP contribution >= 0.6 is 0 Å². The molecule has 0 fully saturated rings. The average Bonchev–Trinajstić information content (AvgIpc) is 3.05. The van der Waals surface area contributed by atoms with E-state index in [1.54, 1.807) is 6.07 Å². The summed E-state index contributed by atoms with van der Waals surface area (Å²) < 4.78 is 40.8. The van der Waals surface area contributed by atoms with Gasteiger partial charge in [-0.15, -0.1) is 0 Å². The van der Waals surface area contributed by atoms with Crippen LogP contribution in [0.1, 0.15) is 32.6 Å². The van der Waals surface area contributed by atoms with Crippen molar-refractivity contribution in [1.29, 1.82) is 0 Å². The lowest BCUT2D eigenvalue weighted by Gasteiger charge is -2.16. The molecule has 10 nitrogen and oxygen atoms in total. The van der Waals surface area contributed by atoms with E-state index in [0.29, 0.717) is 12.8 Å². The third kappa shape index (κ3) is 5.67. The van der Waals surface area contributed by atoms with Crippen LogP contribution < -0.4 is 9.64 Å². The summed E-state index contributed by atoms with van der Waals surface area (Å²) in [5.41, 5.74) is 0. The number of carboxylic acids is 1. The smallest absolute Gasteiger partial charge is 0.415 e. The molecule has 1 atom stereocenters. The van der Waals surface area contributed by atoms with Gasteiger partial charge in [0.15, 0.2) is 0 Å². The number of hydrogen-bond acceptors (Lipinski definition) is 8. The van der Waals surface area contributed by atoms with E-state index in [4.69, 9.17) is 14.6 Å². The van der Waals surface area contributed by atoms with Gasteiger partial charge in [0.1, 0.15) is 6.61 Å². The largest absolute Gasteiger partial charge is 0.481 e. The van der Waals surface area contributed by atoms with Crippen LogP contribution in [0.25, 0.3) is 0 Å². The van der Waals surface area contributed by atoms with Crippen molar-refractivity contribution >= 4 is 15.8 Å². The molecule has 1 heterocycles. The van der Waals surface area contributed by atoms with Crippen molar-refractivity contribution in [2.24, 2.45) is 0 Å². The van der Waals surface area contributed by atoms with Crippen LogP contribution in [0.4, 0.5) is 0 Å². The summed E-state index contributed by atoms with van der Waals surface area (Å²) in [6.07, 6.45) is 1.28. The maximum absolute atomic E-state index is 12.7. The standard InChI is InChI=1S/C17H22N2O8S/c1-2-7-13(25-11-6-10-15(20)21)12-26-16-17(19(22)27-18-16)28(23,24)14-8-4-3-5-9-14/h3-5,8-9,13H,2,6-7,10-12H2,1H3,(H,20,21). The van der Waals surface area contributed by atoms with Crippen LogP contribution in [-0.4, -0.2) is 44.0 Å². The molecule has 1 N–H and O–H groups in total. The molecule has 2 aromatic rings. The van der Waals surface area contributed by atoms with Gasteiger partial charge >= 0.3 is 16.9 Å². The topological polar surface area (TPSA) is 143 Å². The molecule has 0 radical (unpaired) electrons. The number of rotatable bonds is 12. The molecule has 154 valence electrons. The SMILES string of the molecule is CCCC(COc1no[n+]([O-])c1S(=O)(=O)c1ccccc1)OCCCC(=O)O. The molecule has 0 amide bonds. The number of hydrogen-bond donors (Lipinski definition) is 1. The Balaban J connectivity index is 2.09. The van der Waals surface area contributed by atoms with Crippen LogP contribution in [0.2, 0.25) is 0 Å². The van der Waals surface area contributed by atoms with Crippen LogP contribution in [0.5, 0.6) is 5.88 Å². The second kappa shape index (κ2) is 10.0. The van der Waals surface area contributed by atoms with Crippen molar-refractivity contribution in [2.75, 3.05) is 13.2 Å². The lowest BCUT2D eigenvalue weighted by atomic mass is 10.2. The predicted octanol–water partition coefficient (Wildman–Crippen LogP) is 1.57. The van der Waals surface area contributed by atoms with Crippen molar-refractivity contribution < 1.29 is 37.3 Å². The van der Waals surface area contributed by atoms with Gasteiger partial charge in [-0.2, -0.15) is 0 Å². The van der Waals surface area contributed by atoms with Gasteiger partial charge in [0, 0.05) is 13.0 Å². The van der Waals surface area contributed by atoms with Gasteiger partial charge < -0.3 is 19.8 Å². The van der Waals surface area contributed by atoms with Gasteiger partial charge in [0.2, 0.25) is 0 Å². The molecule has 0 aliphatic heterocycles. The van der Waals surface area contributed by atoms with Gasteiger partial charge in [-0.3, -0.25) is 9.42 Å². The Morgan fingerprint density at radius 1 is 1.36 bits per heavy atom. The van der Waals surface area contributed by atoms with E-state index in [1.165, 1.54) is 24.3 Å². The molecule has 0 aliphatic rings. The van der Waals surface area contributed by atoms with Gasteiger partial charge in [0.25, 0.3) is 9.84 Å². The zero-order valence-corrected chi connectivity index (χ0v) is 16.1. The molecular weight excluding hydrogens is 392 g/mol. The Hall–Kier alpha value is -2.66. The first kappa shape index (κ1) is 21.6.